The zero-order chi connectivity index (χ0) is 23.5. The van der Waals surface area contributed by atoms with Crippen LogP contribution in [-0.2, 0) is 11.3 Å². The number of benzene rings is 2. The number of carbonyl (C=O) groups excluding carboxylic acids is 2. The molecule has 2 amide bonds. The van der Waals surface area contributed by atoms with Gasteiger partial charge in [0, 0.05) is 46.9 Å². The molecule has 2 aliphatic carbocycles. The van der Waals surface area contributed by atoms with Gasteiger partial charge in [0.1, 0.15) is 11.6 Å². The molecule has 0 spiro atoms. The van der Waals surface area contributed by atoms with E-state index in [-0.39, 0.29) is 36.0 Å². The summed E-state index contributed by atoms with van der Waals surface area (Å²) in [4.78, 5) is 27.4. The third-order valence-corrected chi connectivity index (χ3v) is 7.05. The van der Waals surface area contributed by atoms with Gasteiger partial charge in [-0.05, 0) is 74.4 Å². The highest BCUT2D eigenvalue weighted by molar-refractivity contribution is 6.31. The standard InChI is InChI=1S/C25H28ClF2N3O2/c26-23-9-6-21(30-24(32)15-2-1-3-15)12-17(23)14-31(22-7-4-20(29)5-8-22)25(33)16-10-18(27)13-19(28)11-16/h6,9-13,15,20,22H,1-5,7-8,14,29H2,(H,30,32). The maximum absolute atomic E-state index is 13.8. The molecule has 5 nitrogen and oxygen atoms in total. The van der Waals surface area contributed by atoms with Crippen molar-refractivity contribution in [2.45, 2.75) is 63.6 Å². The molecule has 3 N–H and O–H groups in total. The van der Waals surface area contributed by atoms with Crippen LogP contribution in [0.4, 0.5) is 14.5 Å². The Bertz CT molecular complexity index is 1020. The van der Waals surface area contributed by atoms with Gasteiger partial charge >= 0.3 is 0 Å². The molecular weight excluding hydrogens is 448 g/mol. The highest BCUT2D eigenvalue weighted by atomic mass is 35.5. The predicted molar refractivity (Wildman–Crippen MR) is 124 cm³/mol. The van der Waals surface area contributed by atoms with Crippen molar-refractivity contribution in [1.82, 2.24) is 4.90 Å². The molecule has 4 rings (SSSR count). The third-order valence-electron chi connectivity index (χ3n) is 6.68. The largest absolute Gasteiger partial charge is 0.331 e. The Kier molecular flexibility index (Phi) is 7.29. The molecule has 2 saturated carbocycles. The van der Waals surface area contributed by atoms with E-state index in [1.165, 1.54) is 0 Å². The predicted octanol–water partition coefficient (Wildman–Crippen LogP) is 5.27. The van der Waals surface area contributed by atoms with Crippen LogP contribution in [0.2, 0.25) is 5.02 Å². The number of nitrogens with one attached hydrogen (secondary N) is 1. The summed E-state index contributed by atoms with van der Waals surface area (Å²) in [6.07, 6.45) is 5.76. The third kappa shape index (κ3) is 5.71. The van der Waals surface area contributed by atoms with Gasteiger partial charge in [0.25, 0.3) is 5.91 Å². The van der Waals surface area contributed by atoms with Crippen molar-refractivity contribution < 1.29 is 18.4 Å². The van der Waals surface area contributed by atoms with E-state index < -0.39 is 17.5 Å². The first-order chi connectivity index (χ1) is 15.8. The fourth-order valence-electron chi connectivity index (χ4n) is 4.50. The van der Waals surface area contributed by atoms with Crippen LogP contribution in [0, 0.1) is 17.6 Å². The Morgan fingerprint density at radius 3 is 2.27 bits per heavy atom. The fraction of sp³-hybridized carbons (Fsp3) is 0.440. The van der Waals surface area contributed by atoms with E-state index in [0.29, 0.717) is 29.1 Å². The monoisotopic (exact) mass is 475 g/mol. The lowest BCUT2D eigenvalue weighted by Gasteiger charge is -2.36. The van der Waals surface area contributed by atoms with Crippen molar-refractivity contribution in [1.29, 1.82) is 0 Å². The van der Waals surface area contributed by atoms with Crippen LogP contribution in [-0.4, -0.2) is 28.8 Å². The van der Waals surface area contributed by atoms with Crippen LogP contribution in [0.25, 0.3) is 0 Å². The van der Waals surface area contributed by atoms with Crippen molar-refractivity contribution in [3.05, 3.63) is 64.2 Å². The van der Waals surface area contributed by atoms with E-state index in [0.717, 1.165) is 50.3 Å². The van der Waals surface area contributed by atoms with Crippen LogP contribution < -0.4 is 11.1 Å². The number of halogens is 3. The normalized spacial score (nSPS) is 20.7. The quantitative estimate of drug-likeness (QED) is 0.597. The minimum atomic E-state index is -0.803. The van der Waals surface area contributed by atoms with Gasteiger partial charge in [-0.25, -0.2) is 8.78 Å². The molecule has 0 atom stereocenters. The van der Waals surface area contributed by atoms with Crippen molar-refractivity contribution in [2.75, 3.05) is 5.32 Å². The summed E-state index contributed by atoms with van der Waals surface area (Å²) in [7, 11) is 0. The Morgan fingerprint density at radius 1 is 1.00 bits per heavy atom. The molecule has 0 aromatic heterocycles. The van der Waals surface area contributed by atoms with E-state index in [9.17, 15) is 18.4 Å². The second kappa shape index (κ2) is 10.2. The van der Waals surface area contributed by atoms with Gasteiger partial charge in [0.05, 0.1) is 0 Å². The summed E-state index contributed by atoms with van der Waals surface area (Å²) in [5.41, 5.74) is 7.26. The molecule has 176 valence electrons. The molecule has 0 radical (unpaired) electrons. The molecule has 0 saturated heterocycles. The van der Waals surface area contributed by atoms with Gasteiger partial charge in [0.15, 0.2) is 0 Å². The Hall–Kier alpha value is -2.51. The average Bonchev–Trinajstić information content (AvgIpc) is 2.72. The van der Waals surface area contributed by atoms with Gasteiger partial charge in [-0.2, -0.15) is 0 Å². The number of carbonyl (C=O) groups is 2. The van der Waals surface area contributed by atoms with Gasteiger partial charge in [-0.1, -0.05) is 18.0 Å². The number of hydrogen-bond donors (Lipinski definition) is 2. The minimum absolute atomic E-state index is 0.0149. The summed E-state index contributed by atoms with van der Waals surface area (Å²) >= 11 is 6.45. The Labute approximate surface area is 197 Å². The summed E-state index contributed by atoms with van der Waals surface area (Å²) < 4.78 is 27.6. The van der Waals surface area contributed by atoms with E-state index in [1.807, 2.05) is 0 Å². The zero-order valence-corrected chi connectivity index (χ0v) is 19.1. The lowest BCUT2D eigenvalue weighted by molar-refractivity contribution is -0.122. The summed E-state index contributed by atoms with van der Waals surface area (Å²) in [5, 5.41) is 3.38. The van der Waals surface area contributed by atoms with Crippen LogP contribution in [0.15, 0.2) is 36.4 Å². The second-order valence-corrected chi connectivity index (χ2v) is 9.49. The van der Waals surface area contributed by atoms with E-state index in [4.69, 9.17) is 17.3 Å². The van der Waals surface area contributed by atoms with E-state index in [1.54, 1.807) is 23.1 Å². The number of hydrogen-bond acceptors (Lipinski definition) is 3. The summed E-state index contributed by atoms with van der Waals surface area (Å²) in [5.74, 6) is -2.05. The molecule has 8 heteroatoms. The number of nitrogens with zero attached hydrogens (tertiary/aromatic N) is 1. The number of amides is 2. The molecule has 0 bridgehead atoms. The van der Waals surface area contributed by atoms with Gasteiger partial charge in [-0.15, -0.1) is 0 Å². The Balaban J connectivity index is 1.59. The molecule has 2 aliphatic rings. The molecule has 33 heavy (non-hydrogen) atoms. The van der Waals surface area contributed by atoms with Crippen LogP contribution in [0.1, 0.15) is 60.9 Å². The maximum Gasteiger partial charge on any atom is 0.254 e. The maximum atomic E-state index is 13.8. The molecule has 2 fully saturated rings. The lowest BCUT2D eigenvalue weighted by Crippen LogP contribution is -2.44. The Morgan fingerprint density at radius 2 is 1.67 bits per heavy atom. The fourth-order valence-corrected chi connectivity index (χ4v) is 4.67. The second-order valence-electron chi connectivity index (χ2n) is 9.08. The van der Waals surface area contributed by atoms with Gasteiger partial charge in [0.2, 0.25) is 5.91 Å². The first-order valence-corrected chi connectivity index (χ1v) is 11.8. The summed E-state index contributed by atoms with van der Waals surface area (Å²) in [6, 6.07) is 7.97. The summed E-state index contributed by atoms with van der Waals surface area (Å²) in [6.45, 7) is 0.156. The first kappa shape index (κ1) is 23.6. The van der Waals surface area contributed by atoms with Crippen molar-refractivity contribution >= 4 is 29.1 Å². The zero-order valence-electron chi connectivity index (χ0n) is 18.3. The molecule has 2 aromatic carbocycles. The topological polar surface area (TPSA) is 75.4 Å². The van der Waals surface area contributed by atoms with Crippen LogP contribution >= 0.6 is 11.6 Å². The van der Waals surface area contributed by atoms with Gasteiger partial charge < -0.3 is 16.0 Å². The van der Waals surface area contributed by atoms with Gasteiger partial charge in [-0.3, -0.25) is 9.59 Å². The first-order valence-electron chi connectivity index (χ1n) is 11.4. The minimum Gasteiger partial charge on any atom is -0.331 e. The highest BCUT2D eigenvalue weighted by Gasteiger charge is 2.30. The van der Waals surface area contributed by atoms with Crippen LogP contribution in [0.3, 0.4) is 0 Å². The van der Waals surface area contributed by atoms with E-state index >= 15 is 0 Å². The lowest BCUT2D eigenvalue weighted by atomic mass is 9.85. The number of nitrogens with two attached hydrogens (primary N) is 1. The average molecular weight is 476 g/mol. The smallest absolute Gasteiger partial charge is 0.254 e. The SMILES string of the molecule is NC1CCC(N(Cc2cc(NC(=O)C3CCC3)ccc2Cl)C(=O)c2cc(F)cc(F)c2)CC1. The molecule has 0 heterocycles. The molecule has 0 unspecified atom stereocenters. The number of anilines is 1. The molecular formula is C25H28ClF2N3O2. The van der Waals surface area contributed by atoms with Crippen LogP contribution in [0.5, 0.6) is 0 Å². The van der Waals surface area contributed by atoms with E-state index in [2.05, 4.69) is 5.32 Å². The van der Waals surface area contributed by atoms with Crippen molar-refractivity contribution in [3.8, 4) is 0 Å². The highest BCUT2D eigenvalue weighted by Crippen LogP contribution is 2.31. The molecule has 2 aromatic rings. The number of rotatable bonds is 6. The van der Waals surface area contributed by atoms with Crippen molar-refractivity contribution in [2.24, 2.45) is 11.7 Å². The molecule has 0 aliphatic heterocycles. The van der Waals surface area contributed by atoms with Crippen molar-refractivity contribution in [3.63, 3.8) is 0 Å².